The monoisotopic (exact) mass is 488 g/mol. The van der Waals surface area contributed by atoms with Gasteiger partial charge < -0.3 is 19.3 Å². The van der Waals surface area contributed by atoms with E-state index in [1.165, 1.54) is 37.7 Å². The highest BCUT2D eigenvalue weighted by Crippen LogP contribution is 2.49. The van der Waals surface area contributed by atoms with Gasteiger partial charge in [-0.3, -0.25) is 9.80 Å². The summed E-state index contributed by atoms with van der Waals surface area (Å²) < 4.78 is 16.7. The molecule has 3 fully saturated rings. The molecule has 5 rings (SSSR count). The largest absolute Gasteiger partial charge is 0.454 e. The molecule has 32 heavy (non-hydrogen) atoms. The predicted octanol–water partition coefficient (Wildman–Crippen LogP) is 3.58. The standard InChI is InChI=1S/C24H36N2O4.2ClH/c27-22(16-28-10-5-21-12-18-1-3-20(21)11-18)15-26-8-6-25(7-9-26)14-19-2-4-23-24(13-19)30-17-29-23;;/h2,4,13,18,20-22,27H,1,3,5-12,14-17H2;2*1H. The number of benzene rings is 1. The number of aliphatic hydroxyl groups is 1. The summed E-state index contributed by atoms with van der Waals surface area (Å²) in [5.41, 5.74) is 1.26. The van der Waals surface area contributed by atoms with Crippen LogP contribution >= 0.6 is 24.8 Å². The lowest BCUT2D eigenvalue weighted by molar-refractivity contribution is 0.00187. The molecule has 0 amide bonds. The summed E-state index contributed by atoms with van der Waals surface area (Å²) in [5.74, 6) is 4.57. The number of hydrogen-bond donors (Lipinski definition) is 1. The first kappa shape index (κ1) is 25.9. The van der Waals surface area contributed by atoms with Crippen molar-refractivity contribution in [3.8, 4) is 11.5 Å². The van der Waals surface area contributed by atoms with E-state index in [2.05, 4.69) is 21.9 Å². The van der Waals surface area contributed by atoms with Gasteiger partial charge >= 0.3 is 0 Å². The maximum absolute atomic E-state index is 10.4. The molecule has 4 unspecified atom stereocenters. The van der Waals surface area contributed by atoms with Gasteiger partial charge in [0.15, 0.2) is 11.5 Å². The fraction of sp³-hybridized carbons (Fsp3) is 0.750. The minimum absolute atomic E-state index is 0. The zero-order valence-corrected chi connectivity index (χ0v) is 20.5. The molecule has 2 saturated carbocycles. The predicted molar refractivity (Wildman–Crippen MR) is 129 cm³/mol. The van der Waals surface area contributed by atoms with Crippen molar-refractivity contribution in [2.45, 2.75) is 44.8 Å². The first-order valence-electron chi connectivity index (χ1n) is 11.8. The number of halogens is 2. The van der Waals surface area contributed by atoms with Crippen LogP contribution < -0.4 is 9.47 Å². The van der Waals surface area contributed by atoms with E-state index in [9.17, 15) is 5.11 Å². The van der Waals surface area contributed by atoms with Crippen molar-refractivity contribution in [2.24, 2.45) is 17.8 Å². The number of aliphatic hydroxyl groups excluding tert-OH is 1. The van der Waals surface area contributed by atoms with Crippen molar-refractivity contribution in [3.63, 3.8) is 0 Å². The first-order chi connectivity index (χ1) is 14.7. The third-order valence-electron chi connectivity index (χ3n) is 7.60. The maximum Gasteiger partial charge on any atom is 0.231 e. The Bertz CT molecular complexity index is 717. The van der Waals surface area contributed by atoms with Crippen molar-refractivity contribution in [1.29, 1.82) is 0 Å². The van der Waals surface area contributed by atoms with Crippen LogP contribution in [0.3, 0.4) is 0 Å². The Morgan fingerprint density at radius 3 is 2.53 bits per heavy atom. The number of rotatable bonds is 9. The number of piperazine rings is 1. The average Bonchev–Trinajstić information content (AvgIpc) is 3.49. The molecule has 2 aliphatic carbocycles. The molecule has 4 aliphatic rings. The molecule has 0 radical (unpaired) electrons. The number of nitrogens with zero attached hydrogens (tertiary/aromatic N) is 2. The van der Waals surface area contributed by atoms with Gasteiger partial charge in [0.05, 0.1) is 12.7 Å². The number of fused-ring (bicyclic) bond motifs is 3. The lowest BCUT2D eigenvalue weighted by atomic mass is 9.87. The van der Waals surface area contributed by atoms with E-state index in [1.807, 2.05) is 6.07 Å². The van der Waals surface area contributed by atoms with Gasteiger partial charge in [-0.25, -0.2) is 0 Å². The highest BCUT2D eigenvalue weighted by atomic mass is 35.5. The van der Waals surface area contributed by atoms with Crippen LogP contribution in [-0.4, -0.2) is 73.7 Å². The summed E-state index contributed by atoms with van der Waals surface area (Å²) in [4.78, 5) is 4.83. The minimum atomic E-state index is -0.384. The van der Waals surface area contributed by atoms with Crippen molar-refractivity contribution in [2.75, 3.05) is 52.7 Å². The van der Waals surface area contributed by atoms with Gasteiger partial charge in [-0.05, 0) is 61.1 Å². The molecule has 0 aromatic heterocycles. The molecule has 2 bridgehead atoms. The Balaban J connectivity index is 0.00000144. The Labute approximate surface area is 204 Å². The molecule has 0 spiro atoms. The highest BCUT2D eigenvalue weighted by molar-refractivity contribution is 5.85. The molecule has 2 heterocycles. The molecule has 6 nitrogen and oxygen atoms in total. The first-order valence-corrected chi connectivity index (χ1v) is 11.8. The van der Waals surface area contributed by atoms with Gasteiger partial charge in [0.25, 0.3) is 0 Å². The van der Waals surface area contributed by atoms with Gasteiger partial charge in [0.1, 0.15) is 0 Å². The van der Waals surface area contributed by atoms with E-state index in [0.29, 0.717) is 19.9 Å². The molecule has 182 valence electrons. The van der Waals surface area contributed by atoms with Gasteiger partial charge in [0.2, 0.25) is 6.79 Å². The Hall–Kier alpha value is -0.760. The van der Waals surface area contributed by atoms with Crippen LogP contribution in [0.25, 0.3) is 0 Å². The van der Waals surface area contributed by atoms with Crippen LogP contribution in [0.4, 0.5) is 0 Å². The molecular formula is C24H38Cl2N2O4. The number of hydrogen-bond acceptors (Lipinski definition) is 6. The van der Waals surface area contributed by atoms with E-state index < -0.39 is 0 Å². The molecule has 4 atom stereocenters. The highest BCUT2D eigenvalue weighted by Gasteiger charge is 2.38. The Morgan fingerprint density at radius 1 is 1.00 bits per heavy atom. The SMILES string of the molecule is Cl.Cl.OC(COCCC1CC2CCC1C2)CN1CCN(Cc2ccc3c(c2)OCO3)CC1. The fourth-order valence-corrected chi connectivity index (χ4v) is 5.96. The van der Waals surface area contributed by atoms with E-state index in [1.54, 1.807) is 0 Å². The topological polar surface area (TPSA) is 54.4 Å². The zero-order valence-electron chi connectivity index (χ0n) is 18.8. The van der Waals surface area contributed by atoms with E-state index >= 15 is 0 Å². The molecule has 1 N–H and O–H groups in total. The Morgan fingerprint density at radius 2 is 1.78 bits per heavy atom. The fourth-order valence-electron chi connectivity index (χ4n) is 5.96. The van der Waals surface area contributed by atoms with Crippen LogP contribution in [0.2, 0.25) is 0 Å². The molecule has 1 aromatic carbocycles. The summed E-state index contributed by atoms with van der Waals surface area (Å²) in [6.07, 6.45) is 6.60. The third kappa shape index (κ3) is 6.43. The quantitative estimate of drug-likeness (QED) is 0.536. The van der Waals surface area contributed by atoms with Crippen molar-refractivity contribution in [3.05, 3.63) is 23.8 Å². The van der Waals surface area contributed by atoms with Crippen LogP contribution in [0, 0.1) is 17.8 Å². The second-order valence-electron chi connectivity index (χ2n) is 9.72. The summed E-state index contributed by atoms with van der Waals surface area (Å²) >= 11 is 0. The molecule has 1 aromatic rings. The van der Waals surface area contributed by atoms with Crippen LogP contribution in [0.5, 0.6) is 11.5 Å². The second kappa shape index (κ2) is 12.1. The van der Waals surface area contributed by atoms with Gasteiger partial charge in [-0.15, -0.1) is 24.8 Å². The van der Waals surface area contributed by atoms with E-state index in [4.69, 9.17) is 14.2 Å². The molecule has 2 aliphatic heterocycles. The summed E-state index contributed by atoms with van der Waals surface area (Å²) in [7, 11) is 0. The maximum atomic E-state index is 10.4. The molecule has 8 heteroatoms. The zero-order chi connectivity index (χ0) is 20.3. The molecular weight excluding hydrogens is 451 g/mol. The average molecular weight is 489 g/mol. The van der Waals surface area contributed by atoms with Crippen LogP contribution in [-0.2, 0) is 11.3 Å². The van der Waals surface area contributed by atoms with Crippen molar-refractivity contribution in [1.82, 2.24) is 9.80 Å². The third-order valence-corrected chi connectivity index (χ3v) is 7.60. The summed E-state index contributed by atoms with van der Waals surface area (Å²) in [6, 6.07) is 6.21. The van der Waals surface area contributed by atoms with E-state index in [0.717, 1.165) is 68.6 Å². The number of ether oxygens (including phenoxy) is 3. The summed E-state index contributed by atoms with van der Waals surface area (Å²) in [6.45, 7) is 7.28. The smallest absolute Gasteiger partial charge is 0.231 e. The summed E-state index contributed by atoms with van der Waals surface area (Å²) in [5, 5.41) is 10.4. The minimum Gasteiger partial charge on any atom is -0.454 e. The normalized spacial score (nSPS) is 27.7. The number of β-amino-alcohol motifs (C(OH)–C–C–N with tert-alkyl or cyclic N) is 1. The Kier molecular flexibility index (Phi) is 9.77. The molecule has 1 saturated heterocycles. The van der Waals surface area contributed by atoms with Gasteiger partial charge in [-0.1, -0.05) is 12.5 Å². The van der Waals surface area contributed by atoms with Gasteiger partial charge in [0, 0.05) is 45.9 Å². The van der Waals surface area contributed by atoms with Gasteiger partial charge in [-0.2, -0.15) is 0 Å². The lowest BCUT2D eigenvalue weighted by Crippen LogP contribution is -2.48. The van der Waals surface area contributed by atoms with Crippen LogP contribution in [0.1, 0.15) is 37.7 Å². The van der Waals surface area contributed by atoms with E-state index in [-0.39, 0.29) is 30.9 Å². The van der Waals surface area contributed by atoms with Crippen LogP contribution in [0.15, 0.2) is 18.2 Å². The van der Waals surface area contributed by atoms with Crippen molar-refractivity contribution >= 4 is 24.8 Å². The van der Waals surface area contributed by atoms with Crippen molar-refractivity contribution < 1.29 is 19.3 Å². The lowest BCUT2D eigenvalue weighted by Gasteiger charge is -2.35. The second-order valence-corrected chi connectivity index (χ2v) is 9.72.